The van der Waals surface area contributed by atoms with Crippen LogP contribution in [0.15, 0.2) is 48.5 Å². The van der Waals surface area contributed by atoms with E-state index in [1.54, 1.807) is 60.1 Å². The lowest BCUT2D eigenvalue weighted by Crippen LogP contribution is -2.21. The fourth-order valence-corrected chi connectivity index (χ4v) is 4.04. The number of ether oxygens (including phenoxy) is 1. The minimum atomic E-state index is -0.765. The van der Waals surface area contributed by atoms with Gasteiger partial charge in [0.15, 0.2) is 0 Å². The van der Waals surface area contributed by atoms with Crippen molar-refractivity contribution < 1.29 is 14.3 Å². The van der Waals surface area contributed by atoms with Crippen LogP contribution in [0.5, 0.6) is 5.75 Å². The minimum Gasteiger partial charge on any atom is -0.492 e. The molecule has 170 valence electrons. The van der Waals surface area contributed by atoms with Crippen molar-refractivity contribution in [3.05, 3.63) is 76.7 Å². The van der Waals surface area contributed by atoms with Crippen molar-refractivity contribution in [2.75, 3.05) is 6.61 Å². The number of primary amides is 2. The van der Waals surface area contributed by atoms with Crippen LogP contribution in [0.1, 0.15) is 37.8 Å². The monoisotopic (exact) mass is 454 g/mol. The summed E-state index contributed by atoms with van der Waals surface area (Å²) in [5, 5.41) is 14.0. The third-order valence-electron chi connectivity index (χ3n) is 5.56. The Morgan fingerprint density at radius 1 is 1.03 bits per heavy atom. The van der Waals surface area contributed by atoms with Gasteiger partial charge in [0.25, 0.3) is 5.91 Å². The van der Waals surface area contributed by atoms with E-state index in [0.717, 1.165) is 0 Å². The first kappa shape index (κ1) is 22.5. The number of hydrogen-bond acceptors (Lipinski definition) is 6. The highest BCUT2D eigenvalue weighted by Gasteiger charge is 2.27. The lowest BCUT2D eigenvalue weighted by atomic mass is 9.92. The number of fused-ring (bicyclic) bond motifs is 1. The Morgan fingerprint density at radius 2 is 1.74 bits per heavy atom. The standard InChI is InChI=1S/C25H22N6O3/c1-14-20(15(2)31(30-14)11-12-34-17-9-7-16(13-26)8-10-17)22-21(24(27)32)18-5-3-4-6-19(18)29-23(22)25(28)33/h3-10H,11-12H2,1-2H3,(H2,27,32)(H2,28,33). The molecule has 9 heteroatoms. The van der Waals surface area contributed by atoms with Crippen molar-refractivity contribution >= 4 is 22.7 Å². The lowest BCUT2D eigenvalue weighted by Gasteiger charge is -2.15. The fourth-order valence-electron chi connectivity index (χ4n) is 4.04. The summed E-state index contributed by atoms with van der Waals surface area (Å²) < 4.78 is 7.51. The molecule has 4 aromatic rings. The first-order valence-electron chi connectivity index (χ1n) is 10.5. The number of nitrogens with two attached hydrogens (primary N) is 2. The number of benzene rings is 2. The maximum atomic E-state index is 12.6. The number of nitrogens with zero attached hydrogens (tertiary/aromatic N) is 4. The second kappa shape index (κ2) is 9.03. The molecule has 34 heavy (non-hydrogen) atoms. The second-order valence-corrected chi connectivity index (χ2v) is 7.71. The highest BCUT2D eigenvalue weighted by atomic mass is 16.5. The Hall–Kier alpha value is -4.71. The number of hydrogen-bond donors (Lipinski definition) is 2. The van der Waals surface area contributed by atoms with Crippen LogP contribution >= 0.6 is 0 Å². The Labute approximate surface area is 195 Å². The number of carbonyl (C=O) groups excluding carboxylic acids is 2. The summed E-state index contributed by atoms with van der Waals surface area (Å²) in [5.74, 6) is -0.822. The molecule has 0 aliphatic carbocycles. The number of aryl methyl sites for hydroxylation is 1. The Morgan fingerprint density at radius 3 is 2.38 bits per heavy atom. The molecular formula is C25H22N6O3. The first-order chi connectivity index (χ1) is 16.3. The summed E-state index contributed by atoms with van der Waals surface area (Å²) in [5.41, 5.74) is 14.8. The predicted octanol–water partition coefficient (Wildman–Crippen LogP) is 2.86. The quantitative estimate of drug-likeness (QED) is 0.438. The van der Waals surface area contributed by atoms with Crippen molar-refractivity contribution in [3.63, 3.8) is 0 Å². The second-order valence-electron chi connectivity index (χ2n) is 7.71. The van der Waals surface area contributed by atoms with E-state index < -0.39 is 11.8 Å². The molecule has 9 nitrogen and oxygen atoms in total. The molecular weight excluding hydrogens is 432 g/mol. The molecule has 0 atom stereocenters. The summed E-state index contributed by atoms with van der Waals surface area (Å²) in [4.78, 5) is 29.4. The van der Waals surface area contributed by atoms with E-state index in [1.807, 2.05) is 6.92 Å². The van der Waals surface area contributed by atoms with Crippen LogP contribution in [0.4, 0.5) is 0 Å². The van der Waals surface area contributed by atoms with Gasteiger partial charge in [0.05, 0.1) is 35.0 Å². The number of pyridine rings is 1. The lowest BCUT2D eigenvalue weighted by molar-refractivity contribution is 0.0996. The highest BCUT2D eigenvalue weighted by Crippen LogP contribution is 2.36. The van der Waals surface area contributed by atoms with E-state index in [1.165, 1.54) is 0 Å². The van der Waals surface area contributed by atoms with Gasteiger partial charge in [0.2, 0.25) is 5.91 Å². The third-order valence-corrected chi connectivity index (χ3v) is 5.56. The molecule has 2 amide bonds. The van der Waals surface area contributed by atoms with Crippen molar-refractivity contribution in [1.82, 2.24) is 14.8 Å². The summed E-state index contributed by atoms with van der Waals surface area (Å²) in [6.45, 7) is 4.34. The van der Waals surface area contributed by atoms with E-state index in [2.05, 4.69) is 16.2 Å². The van der Waals surface area contributed by atoms with Gasteiger partial charge in [0.1, 0.15) is 18.1 Å². The van der Waals surface area contributed by atoms with Crippen LogP contribution in [0.25, 0.3) is 22.0 Å². The van der Waals surface area contributed by atoms with Crippen LogP contribution in [0, 0.1) is 25.2 Å². The number of aromatic nitrogens is 3. The van der Waals surface area contributed by atoms with Crippen molar-refractivity contribution in [1.29, 1.82) is 5.26 Å². The van der Waals surface area contributed by atoms with Gasteiger partial charge in [-0.05, 0) is 44.2 Å². The van der Waals surface area contributed by atoms with E-state index in [0.29, 0.717) is 52.3 Å². The molecule has 0 radical (unpaired) electrons. The number of carbonyl (C=O) groups is 2. The molecule has 4 N–H and O–H groups in total. The Bertz CT molecular complexity index is 1470. The van der Waals surface area contributed by atoms with E-state index in [9.17, 15) is 9.59 Å². The molecule has 2 aromatic heterocycles. The number of amides is 2. The van der Waals surface area contributed by atoms with Gasteiger partial charge >= 0.3 is 0 Å². The Kier molecular flexibility index (Phi) is 5.97. The number of para-hydroxylation sites is 1. The van der Waals surface area contributed by atoms with Crippen molar-refractivity contribution in [3.8, 4) is 22.9 Å². The fraction of sp³-hybridized carbons (Fsp3) is 0.160. The number of rotatable bonds is 7. The van der Waals surface area contributed by atoms with Gasteiger partial charge in [-0.3, -0.25) is 14.3 Å². The molecule has 0 saturated carbocycles. The highest BCUT2D eigenvalue weighted by molar-refractivity contribution is 6.15. The van der Waals surface area contributed by atoms with Crippen LogP contribution in [0.3, 0.4) is 0 Å². The molecule has 0 bridgehead atoms. The van der Waals surface area contributed by atoms with Gasteiger partial charge in [0, 0.05) is 22.2 Å². The average molecular weight is 454 g/mol. The molecule has 2 aromatic carbocycles. The van der Waals surface area contributed by atoms with Crippen LogP contribution in [-0.4, -0.2) is 33.2 Å². The van der Waals surface area contributed by atoms with Gasteiger partial charge in [-0.25, -0.2) is 4.98 Å². The molecule has 0 aliphatic rings. The molecule has 0 spiro atoms. The average Bonchev–Trinajstić information content (AvgIpc) is 3.10. The smallest absolute Gasteiger partial charge is 0.267 e. The molecule has 0 fully saturated rings. The summed E-state index contributed by atoms with van der Waals surface area (Å²) in [6, 6.07) is 15.8. The summed E-state index contributed by atoms with van der Waals surface area (Å²) in [7, 11) is 0. The predicted molar refractivity (Wildman–Crippen MR) is 126 cm³/mol. The van der Waals surface area contributed by atoms with Gasteiger partial charge in [-0.15, -0.1) is 0 Å². The van der Waals surface area contributed by atoms with Gasteiger partial charge in [-0.2, -0.15) is 10.4 Å². The van der Waals surface area contributed by atoms with E-state index >= 15 is 0 Å². The van der Waals surface area contributed by atoms with Gasteiger partial charge in [-0.1, -0.05) is 18.2 Å². The van der Waals surface area contributed by atoms with Crippen molar-refractivity contribution in [2.45, 2.75) is 20.4 Å². The maximum Gasteiger partial charge on any atom is 0.267 e. The first-order valence-corrected chi connectivity index (χ1v) is 10.5. The van der Waals surface area contributed by atoms with E-state index in [4.69, 9.17) is 21.5 Å². The van der Waals surface area contributed by atoms with Gasteiger partial charge < -0.3 is 16.2 Å². The van der Waals surface area contributed by atoms with E-state index in [-0.39, 0.29) is 16.8 Å². The maximum absolute atomic E-state index is 12.6. The normalized spacial score (nSPS) is 10.7. The van der Waals surface area contributed by atoms with Crippen molar-refractivity contribution in [2.24, 2.45) is 11.5 Å². The SMILES string of the molecule is Cc1nn(CCOc2ccc(C#N)cc2)c(C)c1-c1c(C(N)=O)nc2ccccc2c1C(N)=O. The molecule has 0 saturated heterocycles. The topological polar surface area (TPSA) is 150 Å². The summed E-state index contributed by atoms with van der Waals surface area (Å²) >= 11 is 0. The zero-order chi connectivity index (χ0) is 24.4. The minimum absolute atomic E-state index is 0.0351. The molecule has 0 aliphatic heterocycles. The van der Waals surface area contributed by atoms with Crippen LogP contribution in [-0.2, 0) is 6.54 Å². The number of nitriles is 1. The third kappa shape index (κ3) is 4.04. The van der Waals surface area contributed by atoms with Crippen LogP contribution in [0.2, 0.25) is 0 Å². The molecule has 4 rings (SSSR count). The molecule has 0 unspecified atom stereocenters. The largest absolute Gasteiger partial charge is 0.492 e. The molecule has 2 heterocycles. The summed E-state index contributed by atoms with van der Waals surface area (Å²) in [6.07, 6.45) is 0. The van der Waals surface area contributed by atoms with Crippen LogP contribution < -0.4 is 16.2 Å². The zero-order valence-corrected chi connectivity index (χ0v) is 18.7. The zero-order valence-electron chi connectivity index (χ0n) is 18.7. The Balaban J connectivity index is 1.75.